The summed E-state index contributed by atoms with van der Waals surface area (Å²) in [5.41, 5.74) is 3.30. The summed E-state index contributed by atoms with van der Waals surface area (Å²) in [5, 5.41) is 4.76. The van der Waals surface area contributed by atoms with Gasteiger partial charge in [0, 0.05) is 17.0 Å². The number of rotatable bonds is 3. The number of benzene rings is 2. The lowest BCUT2D eigenvalue weighted by Crippen LogP contribution is -2.13. The largest absolute Gasteiger partial charge is 0.463 e. The Morgan fingerprint density at radius 2 is 1.82 bits per heavy atom. The van der Waals surface area contributed by atoms with Gasteiger partial charge in [0.15, 0.2) is 5.76 Å². The molecule has 0 bridgehead atoms. The van der Waals surface area contributed by atoms with Gasteiger partial charge in [-0.3, -0.25) is 9.78 Å². The van der Waals surface area contributed by atoms with Crippen LogP contribution in [0.1, 0.15) is 10.4 Å². The third-order valence-electron chi connectivity index (χ3n) is 4.62. The fourth-order valence-corrected chi connectivity index (χ4v) is 3.31. The molecule has 5 heteroatoms. The molecule has 1 N–H and O–H groups in total. The Balaban J connectivity index is 1.62. The van der Waals surface area contributed by atoms with Gasteiger partial charge in [0.25, 0.3) is 5.91 Å². The maximum absolute atomic E-state index is 13.2. The maximum atomic E-state index is 13.2. The number of amides is 1. The molecule has 0 aliphatic rings. The number of hydrogen-bond acceptors (Lipinski definition) is 4. The topological polar surface area (TPSA) is 68.0 Å². The van der Waals surface area contributed by atoms with E-state index in [-0.39, 0.29) is 5.91 Å². The van der Waals surface area contributed by atoms with Crippen molar-refractivity contribution in [3.05, 3.63) is 90.8 Å². The van der Waals surface area contributed by atoms with E-state index in [0.29, 0.717) is 22.7 Å². The number of carbonyl (C=O) groups is 1. The molecule has 0 spiro atoms. The van der Waals surface area contributed by atoms with E-state index in [2.05, 4.69) is 15.3 Å². The van der Waals surface area contributed by atoms with Crippen molar-refractivity contribution in [2.24, 2.45) is 0 Å². The highest BCUT2D eigenvalue weighted by molar-refractivity contribution is 6.15. The maximum Gasteiger partial charge on any atom is 0.256 e. The lowest BCUT2D eigenvalue weighted by molar-refractivity contribution is 0.102. The van der Waals surface area contributed by atoms with Crippen molar-refractivity contribution in [3.8, 4) is 11.5 Å². The number of anilines is 1. The number of nitrogens with one attached hydrogen (secondary N) is 1. The Kier molecular flexibility index (Phi) is 3.84. The Morgan fingerprint density at radius 3 is 2.71 bits per heavy atom. The molecule has 0 saturated carbocycles. The molecule has 0 unspecified atom stereocenters. The number of furan rings is 1. The minimum atomic E-state index is -0.218. The van der Waals surface area contributed by atoms with Crippen LogP contribution in [-0.4, -0.2) is 15.9 Å². The zero-order chi connectivity index (χ0) is 18.9. The smallest absolute Gasteiger partial charge is 0.256 e. The molecular formula is C23H15N3O2. The Labute approximate surface area is 160 Å². The number of nitrogens with zero attached hydrogens (tertiary/aromatic N) is 2. The lowest BCUT2D eigenvalue weighted by Gasteiger charge is -2.11. The molecule has 0 saturated heterocycles. The first-order chi connectivity index (χ1) is 13.8. The fraction of sp³-hybridized carbons (Fsp3) is 0. The minimum absolute atomic E-state index is 0.218. The van der Waals surface area contributed by atoms with E-state index in [4.69, 9.17) is 4.42 Å². The van der Waals surface area contributed by atoms with Gasteiger partial charge in [-0.05, 0) is 36.4 Å². The molecule has 28 heavy (non-hydrogen) atoms. The average molecular weight is 365 g/mol. The average Bonchev–Trinajstić information content (AvgIpc) is 3.28. The van der Waals surface area contributed by atoms with Crippen LogP contribution in [0.15, 0.2) is 89.7 Å². The molecule has 0 atom stereocenters. The number of para-hydroxylation sites is 2. The number of fused-ring (bicyclic) bond motifs is 2. The van der Waals surface area contributed by atoms with Gasteiger partial charge in [0.2, 0.25) is 0 Å². The van der Waals surface area contributed by atoms with E-state index in [1.807, 2.05) is 60.7 Å². The summed E-state index contributed by atoms with van der Waals surface area (Å²) >= 11 is 0. The molecule has 5 rings (SSSR count). The van der Waals surface area contributed by atoms with Crippen LogP contribution in [0.2, 0.25) is 0 Å². The molecule has 134 valence electrons. The summed E-state index contributed by atoms with van der Waals surface area (Å²) in [5.74, 6) is 0.399. The standard InChI is InChI=1S/C23H15N3O2/c27-23(26-19-10-3-6-15-7-4-12-24-22(15)19)17-14-20(21-11-5-13-28-21)25-18-9-2-1-8-16(17)18/h1-14H,(H,26,27). The van der Waals surface area contributed by atoms with Gasteiger partial charge in [-0.1, -0.05) is 36.4 Å². The summed E-state index contributed by atoms with van der Waals surface area (Å²) in [4.78, 5) is 22.2. The predicted molar refractivity (Wildman–Crippen MR) is 109 cm³/mol. The lowest BCUT2D eigenvalue weighted by atomic mass is 10.1. The van der Waals surface area contributed by atoms with Gasteiger partial charge in [0.05, 0.1) is 28.5 Å². The summed E-state index contributed by atoms with van der Waals surface area (Å²) in [6.45, 7) is 0. The molecule has 3 aromatic heterocycles. The van der Waals surface area contributed by atoms with Crippen LogP contribution in [0.25, 0.3) is 33.3 Å². The van der Waals surface area contributed by atoms with E-state index in [1.54, 1.807) is 24.6 Å². The Morgan fingerprint density at radius 1 is 0.929 bits per heavy atom. The molecule has 0 fully saturated rings. The summed E-state index contributed by atoms with van der Waals surface area (Å²) in [6, 6.07) is 22.5. The Bertz CT molecular complexity index is 1310. The third-order valence-corrected chi connectivity index (χ3v) is 4.62. The van der Waals surface area contributed by atoms with Crippen molar-refractivity contribution in [3.63, 3.8) is 0 Å². The van der Waals surface area contributed by atoms with Crippen molar-refractivity contribution < 1.29 is 9.21 Å². The van der Waals surface area contributed by atoms with Gasteiger partial charge in [-0.2, -0.15) is 0 Å². The zero-order valence-corrected chi connectivity index (χ0v) is 14.8. The fourth-order valence-electron chi connectivity index (χ4n) is 3.31. The molecule has 3 heterocycles. The van der Waals surface area contributed by atoms with Crippen molar-refractivity contribution >= 4 is 33.4 Å². The first kappa shape index (κ1) is 16.2. The molecule has 0 aliphatic carbocycles. The molecule has 5 aromatic rings. The molecule has 0 aliphatic heterocycles. The van der Waals surface area contributed by atoms with E-state index in [9.17, 15) is 4.79 Å². The number of hydrogen-bond donors (Lipinski definition) is 1. The molecule has 5 nitrogen and oxygen atoms in total. The summed E-state index contributed by atoms with van der Waals surface area (Å²) in [7, 11) is 0. The van der Waals surface area contributed by atoms with E-state index >= 15 is 0 Å². The number of pyridine rings is 2. The van der Waals surface area contributed by atoms with Gasteiger partial charge in [-0.25, -0.2) is 4.98 Å². The highest BCUT2D eigenvalue weighted by Gasteiger charge is 2.16. The normalized spacial score (nSPS) is 11.0. The van der Waals surface area contributed by atoms with Crippen LogP contribution in [0, 0.1) is 0 Å². The van der Waals surface area contributed by atoms with Gasteiger partial charge in [0.1, 0.15) is 5.69 Å². The van der Waals surface area contributed by atoms with Crippen LogP contribution in [-0.2, 0) is 0 Å². The van der Waals surface area contributed by atoms with Crippen molar-refractivity contribution in [1.82, 2.24) is 9.97 Å². The quantitative estimate of drug-likeness (QED) is 0.471. The second-order valence-electron chi connectivity index (χ2n) is 6.38. The third kappa shape index (κ3) is 2.79. The van der Waals surface area contributed by atoms with Gasteiger partial charge >= 0.3 is 0 Å². The second-order valence-corrected chi connectivity index (χ2v) is 6.38. The molecule has 0 radical (unpaired) electrons. The summed E-state index contributed by atoms with van der Waals surface area (Å²) in [6.07, 6.45) is 3.31. The van der Waals surface area contributed by atoms with Crippen LogP contribution >= 0.6 is 0 Å². The molecule has 1 amide bonds. The van der Waals surface area contributed by atoms with E-state index < -0.39 is 0 Å². The first-order valence-corrected chi connectivity index (χ1v) is 8.88. The van der Waals surface area contributed by atoms with Gasteiger partial charge in [-0.15, -0.1) is 0 Å². The van der Waals surface area contributed by atoms with Crippen LogP contribution in [0.4, 0.5) is 5.69 Å². The van der Waals surface area contributed by atoms with Crippen LogP contribution in [0.5, 0.6) is 0 Å². The number of carbonyl (C=O) groups excluding carboxylic acids is 1. The molecular weight excluding hydrogens is 350 g/mol. The number of aromatic nitrogens is 2. The molecule has 2 aromatic carbocycles. The highest BCUT2D eigenvalue weighted by atomic mass is 16.3. The van der Waals surface area contributed by atoms with E-state index in [1.165, 1.54) is 0 Å². The van der Waals surface area contributed by atoms with Crippen LogP contribution in [0.3, 0.4) is 0 Å². The Hall–Kier alpha value is -3.99. The van der Waals surface area contributed by atoms with Crippen molar-refractivity contribution in [2.75, 3.05) is 5.32 Å². The predicted octanol–water partition coefficient (Wildman–Crippen LogP) is 5.30. The van der Waals surface area contributed by atoms with Gasteiger partial charge < -0.3 is 9.73 Å². The zero-order valence-electron chi connectivity index (χ0n) is 14.8. The van der Waals surface area contributed by atoms with Crippen LogP contribution < -0.4 is 5.32 Å². The van der Waals surface area contributed by atoms with E-state index in [0.717, 1.165) is 21.8 Å². The monoisotopic (exact) mass is 365 g/mol. The van der Waals surface area contributed by atoms with Crippen molar-refractivity contribution in [1.29, 1.82) is 0 Å². The van der Waals surface area contributed by atoms with Crippen molar-refractivity contribution in [2.45, 2.75) is 0 Å². The highest BCUT2D eigenvalue weighted by Crippen LogP contribution is 2.27. The second kappa shape index (κ2) is 6.63. The first-order valence-electron chi connectivity index (χ1n) is 8.88. The SMILES string of the molecule is O=C(Nc1cccc2cccnc12)c1cc(-c2ccco2)nc2ccccc12. The summed E-state index contributed by atoms with van der Waals surface area (Å²) < 4.78 is 5.47. The minimum Gasteiger partial charge on any atom is -0.463 e.